The molecule has 1 aromatic heterocycles. The molecule has 0 atom stereocenters. The van der Waals surface area contributed by atoms with E-state index in [1.54, 1.807) is 19.9 Å². The molecule has 3 N–H and O–H groups in total. The van der Waals surface area contributed by atoms with Crippen molar-refractivity contribution in [2.75, 3.05) is 5.73 Å². The Labute approximate surface area is 97.3 Å². The van der Waals surface area contributed by atoms with E-state index in [2.05, 4.69) is 9.97 Å². The predicted molar refractivity (Wildman–Crippen MR) is 64.1 cm³/mol. The molecule has 2 rings (SSSR count). The van der Waals surface area contributed by atoms with Gasteiger partial charge < -0.3 is 10.7 Å². The SMILES string of the molecule is Cc1cc(F)cc(-c2nc(N)c(C)c(=O)[nH]2)c1. The van der Waals surface area contributed by atoms with Gasteiger partial charge in [0.1, 0.15) is 17.5 Å². The van der Waals surface area contributed by atoms with Crippen LogP contribution in [0.4, 0.5) is 10.2 Å². The predicted octanol–water partition coefficient (Wildman–Crippen LogP) is 1.78. The molecule has 0 radical (unpaired) electrons. The zero-order chi connectivity index (χ0) is 12.6. The quantitative estimate of drug-likeness (QED) is 0.788. The van der Waals surface area contributed by atoms with Crippen LogP contribution in [0.15, 0.2) is 23.0 Å². The molecule has 0 saturated heterocycles. The van der Waals surface area contributed by atoms with E-state index in [-0.39, 0.29) is 23.0 Å². The Balaban J connectivity index is 2.65. The van der Waals surface area contributed by atoms with E-state index >= 15 is 0 Å². The van der Waals surface area contributed by atoms with E-state index in [1.165, 1.54) is 12.1 Å². The molecule has 0 unspecified atom stereocenters. The minimum absolute atomic E-state index is 0.158. The number of H-pyrrole nitrogens is 1. The highest BCUT2D eigenvalue weighted by Gasteiger charge is 2.07. The fraction of sp³-hybridized carbons (Fsp3) is 0.167. The first kappa shape index (κ1) is 11.3. The summed E-state index contributed by atoms with van der Waals surface area (Å²) in [6, 6.07) is 4.44. The first-order valence-corrected chi connectivity index (χ1v) is 5.11. The molecular formula is C12H12FN3O. The van der Waals surface area contributed by atoms with Crippen LogP contribution in [0.1, 0.15) is 11.1 Å². The lowest BCUT2D eigenvalue weighted by Crippen LogP contribution is -2.15. The normalized spacial score (nSPS) is 10.5. The first-order chi connectivity index (χ1) is 7.97. The number of halogens is 1. The van der Waals surface area contributed by atoms with E-state index in [4.69, 9.17) is 5.73 Å². The number of nitrogens with two attached hydrogens (primary N) is 1. The monoisotopic (exact) mass is 233 g/mol. The molecule has 0 amide bonds. The van der Waals surface area contributed by atoms with Crippen LogP contribution < -0.4 is 11.3 Å². The molecule has 2 aromatic rings. The van der Waals surface area contributed by atoms with Crippen molar-refractivity contribution in [2.45, 2.75) is 13.8 Å². The van der Waals surface area contributed by atoms with Gasteiger partial charge in [-0.05, 0) is 37.6 Å². The lowest BCUT2D eigenvalue weighted by molar-refractivity contribution is 0.627. The van der Waals surface area contributed by atoms with Gasteiger partial charge in [0.15, 0.2) is 0 Å². The Morgan fingerprint density at radius 3 is 2.59 bits per heavy atom. The van der Waals surface area contributed by atoms with E-state index in [1.807, 2.05) is 0 Å². The lowest BCUT2D eigenvalue weighted by atomic mass is 10.1. The average molecular weight is 233 g/mol. The minimum atomic E-state index is -0.373. The summed E-state index contributed by atoms with van der Waals surface area (Å²) in [4.78, 5) is 18.1. The van der Waals surface area contributed by atoms with Gasteiger partial charge in [-0.2, -0.15) is 0 Å². The van der Waals surface area contributed by atoms with E-state index in [0.29, 0.717) is 11.1 Å². The topological polar surface area (TPSA) is 71.8 Å². The van der Waals surface area contributed by atoms with Gasteiger partial charge in [-0.15, -0.1) is 0 Å². The third kappa shape index (κ3) is 2.18. The molecule has 0 saturated carbocycles. The van der Waals surface area contributed by atoms with Crippen molar-refractivity contribution >= 4 is 5.82 Å². The summed E-state index contributed by atoms with van der Waals surface area (Å²) in [5.74, 6) is 0.0631. The van der Waals surface area contributed by atoms with Crippen LogP contribution in [0.3, 0.4) is 0 Å². The molecule has 1 aromatic carbocycles. The van der Waals surface area contributed by atoms with E-state index in [0.717, 1.165) is 5.56 Å². The summed E-state index contributed by atoms with van der Waals surface area (Å²) in [5, 5.41) is 0. The average Bonchev–Trinajstić information content (AvgIpc) is 2.23. The Morgan fingerprint density at radius 2 is 2.00 bits per heavy atom. The summed E-state index contributed by atoms with van der Waals surface area (Å²) in [7, 11) is 0. The molecule has 0 aliphatic rings. The maximum absolute atomic E-state index is 13.2. The number of nitrogens with zero attached hydrogens (tertiary/aromatic N) is 1. The van der Waals surface area contributed by atoms with Crippen molar-refractivity contribution in [3.8, 4) is 11.4 Å². The zero-order valence-electron chi connectivity index (χ0n) is 9.54. The first-order valence-electron chi connectivity index (χ1n) is 5.11. The van der Waals surface area contributed by atoms with Gasteiger partial charge in [-0.1, -0.05) is 0 Å². The highest BCUT2D eigenvalue weighted by molar-refractivity contribution is 5.58. The number of aryl methyl sites for hydroxylation is 1. The fourth-order valence-electron chi connectivity index (χ4n) is 1.56. The smallest absolute Gasteiger partial charge is 0.256 e. The van der Waals surface area contributed by atoms with E-state index < -0.39 is 0 Å². The fourth-order valence-corrected chi connectivity index (χ4v) is 1.56. The highest BCUT2D eigenvalue weighted by Crippen LogP contribution is 2.18. The van der Waals surface area contributed by atoms with Gasteiger partial charge >= 0.3 is 0 Å². The molecule has 88 valence electrons. The van der Waals surface area contributed by atoms with Crippen LogP contribution in [0.2, 0.25) is 0 Å². The second kappa shape index (κ2) is 4.01. The third-order valence-corrected chi connectivity index (χ3v) is 2.50. The number of hydrogen-bond donors (Lipinski definition) is 2. The molecule has 0 aliphatic carbocycles. The Kier molecular flexibility index (Phi) is 2.67. The molecule has 0 aliphatic heterocycles. The number of hydrogen-bond acceptors (Lipinski definition) is 3. The number of aromatic amines is 1. The van der Waals surface area contributed by atoms with Gasteiger partial charge in [0.25, 0.3) is 5.56 Å². The molecule has 0 fully saturated rings. The number of anilines is 1. The van der Waals surface area contributed by atoms with E-state index in [9.17, 15) is 9.18 Å². The van der Waals surface area contributed by atoms with Crippen LogP contribution >= 0.6 is 0 Å². The standard InChI is InChI=1S/C12H12FN3O/c1-6-3-8(5-9(13)4-6)11-15-10(14)7(2)12(17)16-11/h3-5H,1-2H3,(H3,14,15,16,17). The van der Waals surface area contributed by atoms with Crippen molar-refractivity contribution < 1.29 is 4.39 Å². The highest BCUT2D eigenvalue weighted by atomic mass is 19.1. The van der Waals surface area contributed by atoms with Crippen molar-refractivity contribution in [1.29, 1.82) is 0 Å². The van der Waals surface area contributed by atoms with Crippen molar-refractivity contribution in [1.82, 2.24) is 9.97 Å². The lowest BCUT2D eigenvalue weighted by Gasteiger charge is -2.05. The van der Waals surface area contributed by atoms with Gasteiger partial charge in [0.2, 0.25) is 0 Å². The third-order valence-electron chi connectivity index (χ3n) is 2.50. The van der Waals surface area contributed by atoms with Gasteiger partial charge in [-0.3, -0.25) is 4.79 Å². The molecule has 1 heterocycles. The van der Waals surface area contributed by atoms with Crippen LogP contribution in [0.25, 0.3) is 11.4 Å². The molecule has 0 spiro atoms. The molecule has 5 heteroatoms. The number of nitrogen functional groups attached to an aromatic ring is 1. The van der Waals surface area contributed by atoms with Crippen LogP contribution in [0.5, 0.6) is 0 Å². The van der Waals surface area contributed by atoms with Gasteiger partial charge in [0, 0.05) is 5.56 Å². The summed E-state index contributed by atoms with van der Waals surface area (Å²) >= 11 is 0. The number of nitrogens with one attached hydrogen (secondary N) is 1. The number of rotatable bonds is 1. The number of aromatic nitrogens is 2. The maximum Gasteiger partial charge on any atom is 0.256 e. The van der Waals surface area contributed by atoms with Crippen LogP contribution in [0, 0.1) is 19.7 Å². The maximum atomic E-state index is 13.2. The molecular weight excluding hydrogens is 221 g/mol. The van der Waals surface area contributed by atoms with Crippen molar-refractivity contribution in [3.63, 3.8) is 0 Å². The molecule has 4 nitrogen and oxygen atoms in total. The summed E-state index contributed by atoms with van der Waals surface area (Å²) in [5.41, 5.74) is 6.92. The Bertz CT molecular complexity index is 614. The molecule has 0 bridgehead atoms. The second-order valence-corrected chi connectivity index (χ2v) is 3.94. The van der Waals surface area contributed by atoms with Crippen LogP contribution in [-0.2, 0) is 0 Å². The zero-order valence-corrected chi connectivity index (χ0v) is 9.54. The van der Waals surface area contributed by atoms with Gasteiger partial charge in [-0.25, -0.2) is 9.37 Å². The second-order valence-electron chi connectivity index (χ2n) is 3.94. The Morgan fingerprint density at radius 1 is 1.29 bits per heavy atom. The van der Waals surface area contributed by atoms with Gasteiger partial charge in [0.05, 0.1) is 5.56 Å². The van der Waals surface area contributed by atoms with Crippen LogP contribution in [-0.4, -0.2) is 9.97 Å². The Hall–Kier alpha value is -2.17. The molecule has 17 heavy (non-hydrogen) atoms. The summed E-state index contributed by atoms with van der Waals surface area (Å²) < 4.78 is 13.2. The summed E-state index contributed by atoms with van der Waals surface area (Å²) in [6.07, 6.45) is 0. The van der Waals surface area contributed by atoms with Crippen molar-refractivity contribution in [2.24, 2.45) is 0 Å². The number of benzene rings is 1. The van der Waals surface area contributed by atoms with Crippen molar-refractivity contribution in [3.05, 3.63) is 45.5 Å². The largest absolute Gasteiger partial charge is 0.383 e. The summed E-state index contributed by atoms with van der Waals surface area (Å²) in [6.45, 7) is 3.35. The minimum Gasteiger partial charge on any atom is -0.383 e.